The summed E-state index contributed by atoms with van der Waals surface area (Å²) in [6.07, 6.45) is 3.99. The number of carbonyl (C=O) groups is 4. The fourth-order valence-electron chi connectivity index (χ4n) is 10.5. The largest absolute Gasteiger partial charge is 0.508 e. The van der Waals surface area contributed by atoms with Crippen LogP contribution < -0.4 is 16.1 Å². The lowest BCUT2D eigenvalue weighted by molar-refractivity contribution is -0.155. The minimum absolute atomic E-state index is 0.00817. The van der Waals surface area contributed by atoms with E-state index in [1.54, 1.807) is 19.2 Å². The van der Waals surface area contributed by atoms with E-state index in [0.29, 0.717) is 50.8 Å². The number of amides is 3. The van der Waals surface area contributed by atoms with Crippen LogP contribution in [-0.4, -0.2) is 124 Å². The summed E-state index contributed by atoms with van der Waals surface area (Å²) in [4.78, 5) is 63.7. The molecule has 16 nitrogen and oxygen atoms in total. The van der Waals surface area contributed by atoms with Crippen molar-refractivity contribution in [1.82, 2.24) is 39.8 Å². The predicted octanol–water partition coefficient (Wildman–Crippen LogP) is 5.32. The lowest BCUT2D eigenvalue weighted by Gasteiger charge is -2.38. The monoisotopic (exact) mass is 952 g/mol. The first-order valence-corrected chi connectivity index (χ1v) is 25.8. The highest BCUT2D eigenvalue weighted by Gasteiger charge is 2.43. The number of phenols is 1. The summed E-state index contributed by atoms with van der Waals surface area (Å²) in [5.74, 6) is -2.44. The lowest BCUT2D eigenvalue weighted by Crippen LogP contribution is -2.62. The number of aryl methyl sites for hydroxylation is 1. The van der Waals surface area contributed by atoms with Crippen molar-refractivity contribution in [3.63, 3.8) is 0 Å². The fraction of sp³-hybridized carbons (Fsp3) is 0.549. The van der Waals surface area contributed by atoms with Crippen LogP contribution in [0.25, 0.3) is 33.3 Å². The molecule has 4 aliphatic rings. The summed E-state index contributed by atoms with van der Waals surface area (Å²) in [5.41, 5.74) is 10.0. The summed E-state index contributed by atoms with van der Waals surface area (Å²) in [7, 11) is -1.89. The van der Waals surface area contributed by atoms with Crippen molar-refractivity contribution in [2.45, 2.75) is 123 Å². The number of hydrogen-bond donors (Lipinski definition) is 4. The molecule has 0 aliphatic carbocycles. The molecule has 3 amide bonds. The van der Waals surface area contributed by atoms with Crippen LogP contribution in [0.15, 0.2) is 54.7 Å². The van der Waals surface area contributed by atoms with Gasteiger partial charge in [0.05, 0.1) is 18.0 Å². The Balaban J connectivity index is 1.16. The Morgan fingerprint density at radius 3 is 2.43 bits per heavy atom. The molecule has 0 radical (unpaired) electrons. The molecule has 0 spiro atoms. The molecule has 4 N–H and O–H groups in total. The second-order valence-electron chi connectivity index (χ2n) is 20.6. The number of esters is 1. The second kappa shape index (κ2) is 19.6. The van der Waals surface area contributed by atoms with E-state index < -0.39 is 62.6 Å². The topological polar surface area (TPSA) is 205 Å². The van der Waals surface area contributed by atoms with Gasteiger partial charge in [-0.2, -0.15) is 0 Å². The maximum absolute atomic E-state index is 14.8. The number of rotatable bonds is 10. The zero-order valence-electron chi connectivity index (χ0n) is 40.7. The third kappa shape index (κ3) is 10.0. The summed E-state index contributed by atoms with van der Waals surface area (Å²) in [6.45, 7) is 16.2. The third-order valence-electron chi connectivity index (χ3n) is 14.0. The first kappa shape index (κ1) is 49.1. The van der Waals surface area contributed by atoms with Gasteiger partial charge in [-0.3, -0.25) is 34.5 Å². The van der Waals surface area contributed by atoms with Crippen molar-refractivity contribution < 1.29 is 37.4 Å². The van der Waals surface area contributed by atoms with Crippen molar-refractivity contribution in [2.24, 2.45) is 17.3 Å². The molecule has 3 fully saturated rings. The van der Waals surface area contributed by atoms with Crippen LogP contribution >= 0.6 is 0 Å². The molecule has 17 heteroatoms. The number of nitrogens with one attached hydrogen (secondary N) is 3. The number of phenolic OH excluding ortho intramolecular Hbond substituents is 1. The van der Waals surface area contributed by atoms with E-state index >= 15 is 0 Å². The van der Waals surface area contributed by atoms with Crippen molar-refractivity contribution >= 4 is 44.6 Å². The van der Waals surface area contributed by atoms with E-state index in [1.807, 2.05) is 38.2 Å². The van der Waals surface area contributed by atoms with Gasteiger partial charge in [0.25, 0.3) is 5.91 Å². The number of ether oxygens (including phenoxy) is 1. The molecule has 3 saturated heterocycles. The third-order valence-corrected chi connectivity index (χ3v) is 16.2. The van der Waals surface area contributed by atoms with Crippen molar-refractivity contribution in [2.75, 3.05) is 39.8 Å². The van der Waals surface area contributed by atoms with Crippen LogP contribution in [0.3, 0.4) is 0 Å². The molecule has 8 rings (SSSR count). The van der Waals surface area contributed by atoms with E-state index in [2.05, 4.69) is 73.4 Å². The van der Waals surface area contributed by atoms with Crippen molar-refractivity contribution in [3.8, 4) is 28.1 Å². The lowest BCUT2D eigenvalue weighted by atomic mass is 9.83. The maximum Gasteiger partial charge on any atom is 0.324 e. The van der Waals surface area contributed by atoms with Gasteiger partial charge in [0, 0.05) is 80.2 Å². The van der Waals surface area contributed by atoms with Gasteiger partial charge in [-0.15, -0.1) is 0 Å². The number of sulfonamides is 1. The Kier molecular flexibility index (Phi) is 14.1. The highest BCUT2D eigenvalue weighted by Crippen LogP contribution is 2.42. The Bertz CT molecular complexity index is 2690. The van der Waals surface area contributed by atoms with Gasteiger partial charge in [0.2, 0.25) is 21.8 Å². The number of fused-ring (bicyclic) bond motifs is 6. The van der Waals surface area contributed by atoms with E-state index in [0.717, 1.165) is 44.5 Å². The highest BCUT2D eigenvalue weighted by molar-refractivity contribution is 7.90. The quantitative estimate of drug-likeness (QED) is 0.118. The zero-order valence-corrected chi connectivity index (χ0v) is 41.5. The van der Waals surface area contributed by atoms with Crippen LogP contribution in [0.4, 0.5) is 0 Å². The molecule has 366 valence electrons. The standard InChI is InChI=1S/C51H68N8O8S/c1-9-58-42-15-14-34-26-38(42)39(46(58)37-12-10-18-52-44(37)30(2)3)27-51(6,7)29-67-50(64)40-13-11-19-59(55-40)49(63)41(24-32-22-35(34)25-36(60)23-32)54-47(61)45(31(4)5)56(8)48(62)33-16-20-57(21-17-33)68(65,66)43-28-53-43/h10,12,14-15,18,22-23,25-26,30-31,33,40-41,43,45,53,55,60H,9,11,13,16-17,19-21,24,27-29H2,1-8H3,(H,54,61)/t40-,41-,43+,45-/m0/s1. The number of hydrogen-bond acceptors (Lipinski definition) is 11. The molecule has 4 atom stereocenters. The SMILES string of the molecule is CCn1c(-c2cccnc2C(C)C)c2c3cc(ccc31)-c1cc(O)cc(c1)C[C@H](NC(=O)[C@H](C(C)C)N(C)C(=O)C1CCN(S(=O)(=O)[C@@H]3CN3)CC1)C(=O)N1CCC[C@H](N1)C(=O)OCC(C)(C)C2. The summed E-state index contributed by atoms with van der Waals surface area (Å²) < 4.78 is 35.6. The number of likely N-dealkylation sites (N-methyl/N-ethyl adjacent to an activating group) is 1. The van der Waals surface area contributed by atoms with E-state index in [-0.39, 0.29) is 56.2 Å². The van der Waals surface area contributed by atoms with Crippen LogP contribution in [0.1, 0.15) is 96.9 Å². The minimum Gasteiger partial charge on any atom is -0.508 e. The predicted molar refractivity (Wildman–Crippen MR) is 260 cm³/mol. The molecule has 2 aromatic carbocycles. The van der Waals surface area contributed by atoms with Crippen LogP contribution in [0, 0.1) is 17.3 Å². The minimum atomic E-state index is -3.47. The maximum atomic E-state index is 14.8. The smallest absolute Gasteiger partial charge is 0.324 e. The van der Waals surface area contributed by atoms with Gasteiger partial charge in [-0.05, 0) is 110 Å². The zero-order chi connectivity index (χ0) is 48.8. The first-order chi connectivity index (χ1) is 32.3. The van der Waals surface area contributed by atoms with Gasteiger partial charge in [0.1, 0.15) is 29.2 Å². The van der Waals surface area contributed by atoms with E-state index in [1.165, 1.54) is 14.2 Å². The molecule has 4 aromatic rings. The molecule has 0 unspecified atom stereocenters. The van der Waals surface area contributed by atoms with Gasteiger partial charge in [-0.1, -0.05) is 53.7 Å². The molecule has 6 heterocycles. The number of carbonyl (C=O) groups excluding carboxylic acids is 4. The fourth-order valence-corrected chi connectivity index (χ4v) is 12.1. The average Bonchev–Trinajstić information content (AvgIpc) is 4.14. The van der Waals surface area contributed by atoms with Crippen molar-refractivity contribution in [3.05, 3.63) is 71.5 Å². The molecule has 68 heavy (non-hydrogen) atoms. The number of nitrogens with zero attached hydrogens (tertiary/aromatic N) is 5. The molecular formula is C51H68N8O8S. The molecular weight excluding hydrogens is 885 g/mol. The van der Waals surface area contributed by atoms with Crippen LogP contribution in [-0.2, 0) is 53.3 Å². The first-order valence-electron chi connectivity index (χ1n) is 24.2. The molecule has 2 aromatic heterocycles. The second-order valence-corrected chi connectivity index (χ2v) is 22.7. The number of aromatic hydroxyl groups is 1. The van der Waals surface area contributed by atoms with Gasteiger partial charge in [-0.25, -0.2) is 18.1 Å². The molecule has 0 saturated carbocycles. The summed E-state index contributed by atoms with van der Waals surface area (Å²) in [5, 5.41) is 19.1. The number of benzene rings is 2. The number of aromatic nitrogens is 2. The Morgan fingerprint density at radius 1 is 1.01 bits per heavy atom. The van der Waals surface area contributed by atoms with Crippen LogP contribution in [0.2, 0.25) is 0 Å². The Hall–Kier alpha value is -5.36. The number of hydrazine groups is 1. The molecule has 6 bridgehead atoms. The normalized spacial score (nSPS) is 22.2. The summed E-state index contributed by atoms with van der Waals surface area (Å²) in [6, 6.07) is 12.7. The van der Waals surface area contributed by atoms with E-state index in [9.17, 15) is 32.7 Å². The van der Waals surface area contributed by atoms with Gasteiger partial charge in [0.15, 0.2) is 0 Å². The molecule has 4 aliphatic heterocycles. The highest BCUT2D eigenvalue weighted by atomic mass is 32.2. The Morgan fingerprint density at radius 2 is 1.75 bits per heavy atom. The summed E-state index contributed by atoms with van der Waals surface area (Å²) >= 11 is 0. The van der Waals surface area contributed by atoms with Gasteiger partial charge < -0.3 is 24.6 Å². The van der Waals surface area contributed by atoms with E-state index in [4.69, 9.17) is 9.72 Å². The van der Waals surface area contributed by atoms with Crippen LogP contribution in [0.5, 0.6) is 5.75 Å². The average molecular weight is 953 g/mol. The number of piperidine rings is 1. The van der Waals surface area contributed by atoms with Crippen molar-refractivity contribution in [1.29, 1.82) is 0 Å². The Labute approximate surface area is 400 Å². The number of cyclic esters (lactones) is 1. The number of pyridine rings is 1. The van der Waals surface area contributed by atoms with Gasteiger partial charge >= 0.3 is 5.97 Å².